The third kappa shape index (κ3) is 4.62. The van der Waals surface area contributed by atoms with Crippen LogP contribution < -0.4 is 10.2 Å². The van der Waals surface area contributed by atoms with Crippen molar-refractivity contribution in [1.29, 1.82) is 0 Å². The maximum atomic E-state index is 5.31. The van der Waals surface area contributed by atoms with Crippen LogP contribution in [0, 0.1) is 13.8 Å². The Labute approximate surface area is 162 Å². The summed E-state index contributed by atoms with van der Waals surface area (Å²) in [4.78, 5) is 9.72. The highest BCUT2D eigenvalue weighted by molar-refractivity contribution is 5.80. The highest BCUT2D eigenvalue weighted by atomic mass is 16.5. The van der Waals surface area contributed by atoms with Gasteiger partial charge in [0.1, 0.15) is 5.76 Å². The van der Waals surface area contributed by atoms with Gasteiger partial charge in [-0.3, -0.25) is 4.99 Å². The van der Waals surface area contributed by atoms with Crippen molar-refractivity contribution in [1.82, 2.24) is 15.4 Å². The molecule has 6 heteroatoms. The number of anilines is 1. The van der Waals surface area contributed by atoms with Crippen LogP contribution in [0.15, 0.2) is 39.8 Å². The van der Waals surface area contributed by atoms with Crippen molar-refractivity contribution in [3.63, 3.8) is 0 Å². The molecule has 3 rings (SSSR count). The van der Waals surface area contributed by atoms with Gasteiger partial charge in [0.25, 0.3) is 0 Å². The maximum Gasteiger partial charge on any atom is 0.194 e. The van der Waals surface area contributed by atoms with Crippen molar-refractivity contribution in [2.24, 2.45) is 4.99 Å². The van der Waals surface area contributed by atoms with Crippen LogP contribution in [-0.4, -0.2) is 55.3 Å². The molecule has 0 spiro atoms. The Kier molecular flexibility index (Phi) is 6.37. The summed E-state index contributed by atoms with van der Waals surface area (Å²) in [6.45, 7) is 13.8. The minimum absolute atomic E-state index is 0.288. The summed E-state index contributed by atoms with van der Waals surface area (Å²) in [7, 11) is 0. The number of nitrogens with one attached hydrogen (secondary N) is 1. The largest absolute Gasteiger partial charge is 0.368 e. The number of rotatable bonds is 5. The minimum atomic E-state index is 0.288. The highest BCUT2D eigenvalue weighted by Gasteiger charge is 2.21. The van der Waals surface area contributed by atoms with Gasteiger partial charge in [-0.2, -0.15) is 0 Å². The molecule has 1 aromatic carbocycles. The fourth-order valence-electron chi connectivity index (χ4n) is 3.75. The first-order valence-corrected chi connectivity index (χ1v) is 9.86. The molecule has 1 aliphatic rings. The smallest absolute Gasteiger partial charge is 0.194 e. The van der Waals surface area contributed by atoms with Gasteiger partial charge in [-0.1, -0.05) is 30.3 Å². The average molecular weight is 370 g/mol. The SMILES string of the molecule is CCNC(=NCC(C)c1c(C)noc1C)N1CCN(c2ccccc2)CC1. The summed E-state index contributed by atoms with van der Waals surface area (Å²) in [5.41, 5.74) is 3.45. The lowest BCUT2D eigenvalue weighted by molar-refractivity contribution is 0.372. The van der Waals surface area contributed by atoms with E-state index in [4.69, 9.17) is 9.52 Å². The second-order valence-electron chi connectivity index (χ2n) is 7.14. The van der Waals surface area contributed by atoms with Crippen LogP contribution >= 0.6 is 0 Å². The zero-order valence-electron chi connectivity index (χ0n) is 16.9. The molecule has 1 fully saturated rings. The molecule has 2 heterocycles. The van der Waals surface area contributed by atoms with Gasteiger partial charge in [0.15, 0.2) is 5.96 Å². The number of aliphatic imine (C=N–C) groups is 1. The quantitative estimate of drug-likeness (QED) is 0.648. The first-order chi connectivity index (χ1) is 13.1. The molecule has 6 nitrogen and oxygen atoms in total. The summed E-state index contributed by atoms with van der Waals surface area (Å²) >= 11 is 0. The number of para-hydroxylation sites is 1. The first-order valence-electron chi connectivity index (χ1n) is 9.86. The van der Waals surface area contributed by atoms with E-state index in [1.165, 1.54) is 11.3 Å². The minimum Gasteiger partial charge on any atom is -0.368 e. The van der Waals surface area contributed by atoms with Gasteiger partial charge in [0.05, 0.1) is 5.69 Å². The summed E-state index contributed by atoms with van der Waals surface area (Å²) in [6, 6.07) is 10.6. The highest BCUT2D eigenvalue weighted by Crippen LogP contribution is 2.23. The fourth-order valence-corrected chi connectivity index (χ4v) is 3.75. The predicted molar refractivity (Wildman–Crippen MR) is 111 cm³/mol. The Morgan fingerprint density at radius 2 is 1.89 bits per heavy atom. The van der Waals surface area contributed by atoms with Crippen LogP contribution in [0.25, 0.3) is 0 Å². The lowest BCUT2D eigenvalue weighted by Crippen LogP contribution is -2.52. The molecule has 146 valence electrons. The monoisotopic (exact) mass is 369 g/mol. The number of nitrogens with zero attached hydrogens (tertiary/aromatic N) is 4. The number of hydrogen-bond donors (Lipinski definition) is 1. The van der Waals surface area contributed by atoms with Gasteiger partial charge in [-0.15, -0.1) is 0 Å². The first kappa shape index (κ1) is 19.3. The standard InChI is InChI=1S/C21H31N5O/c1-5-22-21(23-15-16(2)20-17(3)24-27-18(20)4)26-13-11-25(12-14-26)19-9-7-6-8-10-19/h6-10,16H,5,11-15H2,1-4H3,(H,22,23). The number of aryl methyl sites for hydroxylation is 2. The van der Waals surface area contributed by atoms with E-state index < -0.39 is 0 Å². The van der Waals surface area contributed by atoms with Gasteiger partial charge in [0, 0.05) is 56.4 Å². The van der Waals surface area contributed by atoms with Crippen molar-refractivity contribution in [2.45, 2.75) is 33.6 Å². The third-order valence-corrected chi connectivity index (χ3v) is 5.13. The van der Waals surface area contributed by atoms with Gasteiger partial charge in [-0.25, -0.2) is 0 Å². The Morgan fingerprint density at radius 1 is 1.19 bits per heavy atom. The molecule has 0 saturated carbocycles. The van der Waals surface area contributed by atoms with E-state index in [1.54, 1.807) is 0 Å². The molecule has 27 heavy (non-hydrogen) atoms. The molecule has 1 saturated heterocycles. The van der Waals surface area contributed by atoms with Crippen molar-refractivity contribution in [3.05, 3.63) is 47.3 Å². The topological polar surface area (TPSA) is 56.9 Å². The van der Waals surface area contributed by atoms with E-state index in [-0.39, 0.29) is 5.92 Å². The Balaban J connectivity index is 1.63. The molecule has 1 aromatic heterocycles. The third-order valence-electron chi connectivity index (χ3n) is 5.13. The van der Waals surface area contributed by atoms with E-state index in [0.29, 0.717) is 0 Å². The fraction of sp³-hybridized carbons (Fsp3) is 0.524. The number of guanidine groups is 1. The molecule has 0 amide bonds. The summed E-state index contributed by atoms with van der Waals surface area (Å²) in [5, 5.41) is 7.53. The van der Waals surface area contributed by atoms with Crippen LogP contribution in [0.2, 0.25) is 0 Å². The molecular formula is C21H31N5O. The van der Waals surface area contributed by atoms with Crippen LogP contribution in [0.1, 0.15) is 36.8 Å². The summed E-state index contributed by atoms with van der Waals surface area (Å²) in [6.07, 6.45) is 0. The lowest BCUT2D eigenvalue weighted by Gasteiger charge is -2.37. The van der Waals surface area contributed by atoms with Gasteiger partial charge >= 0.3 is 0 Å². The number of piperazine rings is 1. The summed E-state index contributed by atoms with van der Waals surface area (Å²) < 4.78 is 5.31. The van der Waals surface area contributed by atoms with Crippen molar-refractivity contribution in [2.75, 3.05) is 44.2 Å². The number of benzene rings is 1. The molecule has 0 radical (unpaired) electrons. The van der Waals surface area contributed by atoms with Crippen LogP contribution in [-0.2, 0) is 0 Å². The van der Waals surface area contributed by atoms with Gasteiger partial charge < -0.3 is 19.6 Å². The van der Waals surface area contributed by atoms with Crippen molar-refractivity contribution in [3.8, 4) is 0 Å². The Morgan fingerprint density at radius 3 is 2.48 bits per heavy atom. The molecule has 1 aliphatic heterocycles. The van der Waals surface area contributed by atoms with E-state index in [9.17, 15) is 0 Å². The van der Waals surface area contributed by atoms with E-state index >= 15 is 0 Å². The molecule has 2 aromatic rings. The van der Waals surface area contributed by atoms with Crippen LogP contribution in [0.5, 0.6) is 0 Å². The second kappa shape index (κ2) is 8.93. The molecule has 1 atom stereocenters. The van der Waals surface area contributed by atoms with Gasteiger partial charge in [0.2, 0.25) is 0 Å². The predicted octanol–water partition coefficient (Wildman–Crippen LogP) is 3.18. The van der Waals surface area contributed by atoms with E-state index in [1.807, 2.05) is 13.8 Å². The maximum absolute atomic E-state index is 5.31. The molecule has 1 unspecified atom stereocenters. The Hall–Kier alpha value is -2.50. The second-order valence-corrected chi connectivity index (χ2v) is 7.14. The Bertz CT molecular complexity index is 728. The van der Waals surface area contributed by atoms with Gasteiger partial charge in [-0.05, 0) is 32.9 Å². The molecular weight excluding hydrogens is 338 g/mol. The zero-order chi connectivity index (χ0) is 19.2. The number of aromatic nitrogens is 1. The molecule has 1 N–H and O–H groups in total. The van der Waals surface area contributed by atoms with Crippen LogP contribution in [0.4, 0.5) is 5.69 Å². The van der Waals surface area contributed by atoms with Crippen molar-refractivity contribution < 1.29 is 4.52 Å². The van der Waals surface area contributed by atoms with Crippen molar-refractivity contribution >= 4 is 11.6 Å². The number of hydrogen-bond acceptors (Lipinski definition) is 4. The van der Waals surface area contributed by atoms with E-state index in [0.717, 1.165) is 56.7 Å². The van der Waals surface area contributed by atoms with Crippen LogP contribution in [0.3, 0.4) is 0 Å². The molecule has 0 bridgehead atoms. The summed E-state index contributed by atoms with van der Waals surface area (Å²) in [5.74, 6) is 2.19. The normalized spacial score (nSPS) is 16.5. The van der Waals surface area contributed by atoms with E-state index in [2.05, 4.69) is 64.5 Å². The molecule has 0 aliphatic carbocycles. The lowest BCUT2D eigenvalue weighted by atomic mass is 10.00. The zero-order valence-corrected chi connectivity index (χ0v) is 16.9. The average Bonchev–Trinajstić information content (AvgIpc) is 3.04.